The predicted octanol–water partition coefficient (Wildman–Crippen LogP) is 4.51. The molecule has 0 bridgehead atoms. The number of unbranched alkanes of at least 4 members (excludes halogenated alkanes) is 4. The number of fused-ring (bicyclic) bond motifs is 1. The molecule has 4 fully saturated rings. The number of esters is 1. The van der Waals surface area contributed by atoms with Gasteiger partial charge in [-0.05, 0) is 31.8 Å². The number of carbonyl (C=O) groups is 1. The molecule has 0 radical (unpaired) electrons. The first kappa shape index (κ1) is 22.3. The van der Waals surface area contributed by atoms with Crippen LogP contribution >= 0.6 is 0 Å². The summed E-state index contributed by atoms with van der Waals surface area (Å²) in [5.74, 6) is -0.420. The largest absolute Gasteiger partial charge is 0.462 e. The van der Waals surface area contributed by atoms with E-state index in [2.05, 4.69) is 19.1 Å². The molecule has 3 saturated heterocycles. The Hall–Kier alpha value is -0.950. The Labute approximate surface area is 180 Å². The summed E-state index contributed by atoms with van der Waals surface area (Å²) in [7, 11) is 0. The lowest BCUT2D eigenvalue weighted by atomic mass is 9.90. The maximum absolute atomic E-state index is 11.9. The molecule has 1 saturated carbocycles. The number of ether oxygens (including phenoxy) is 5. The highest BCUT2D eigenvalue weighted by atomic mass is 16.7. The Balaban J connectivity index is 1.41. The van der Waals surface area contributed by atoms with E-state index in [-0.39, 0.29) is 36.3 Å². The van der Waals surface area contributed by atoms with Crippen LogP contribution in [0.2, 0.25) is 0 Å². The molecule has 30 heavy (non-hydrogen) atoms. The van der Waals surface area contributed by atoms with Gasteiger partial charge in [-0.1, -0.05) is 38.7 Å². The van der Waals surface area contributed by atoms with E-state index in [4.69, 9.17) is 23.7 Å². The molecule has 170 valence electrons. The van der Waals surface area contributed by atoms with Crippen molar-refractivity contribution < 1.29 is 28.5 Å². The smallest absolute Gasteiger partial charge is 0.306 e. The molecule has 5 atom stereocenters. The summed E-state index contributed by atoms with van der Waals surface area (Å²) >= 11 is 0. The monoisotopic (exact) mass is 422 g/mol. The Morgan fingerprint density at radius 3 is 2.70 bits per heavy atom. The van der Waals surface area contributed by atoms with Gasteiger partial charge >= 0.3 is 5.97 Å². The molecule has 0 aromatic heterocycles. The molecule has 4 aliphatic rings. The zero-order valence-electron chi connectivity index (χ0n) is 18.4. The van der Waals surface area contributed by atoms with E-state index < -0.39 is 5.79 Å². The lowest BCUT2D eigenvalue weighted by molar-refractivity contribution is -0.194. The molecule has 1 aliphatic carbocycles. The van der Waals surface area contributed by atoms with Crippen LogP contribution in [0.5, 0.6) is 0 Å². The summed E-state index contributed by atoms with van der Waals surface area (Å²) in [6.45, 7) is 4.26. The molecule has 4 rings (SSSR count). The molecule has 0 aromatic rings. The fourth-order valence-corrected chi connectivity index (χ4v) is 5.35. The topological polar surface area (TPSA) is 63.2 Å². The molecular weight excluding hydrogens is 384 g/mol. The van der Waals surface area contributed by atoms with Crippen molar-refractivity contribution in [2.75, 3.05) is 19.8 Å². The van der Waals surface area contributed by atoms with Crippen LogP contribution in [-0.2, 0) is 28.5 Å². The van der Waals surface area contributed by atoms with E-state index in [0.29, 0.717) is 19.6 Å². The summed E-state index contributed by atoms with van der Waals surface area (Å²) in [6, 6.07) is 0. The summed E-state index contributed by atoms with van der Waals surface area (Å²) in [6.07, 6.45) is 15.5. The minimum absolute atomic E-state index is 0.00968. The van der Waals surface area contributed by atoms with Gasteiger partial charge in [0.1, 0.15) is 6.10 Å². The highest BCUT2D eigenvalue weighted by Gasteiger charge is 2.50. The van der Waals surface area contributed by atoms with Crippen LogP contribution < -0.4 is 0 Å². The van der Waals surface area contributed by atoms with Crippen molar-refractivity contribution in [2.45, 2.75) is 102 Å². The van der Waals surface area contributed by atoms with Crippen molar-refractivity contribution in [3.8, 4) is 0 Å². The maximum atomic E-state index is 11.9. The molecular formula is C24H38O6. The van der Waals surface area contributed by atoms with Gasteiger partial charge in [0.05, 0.1) is 25.7 Å². The molecule has 0 N–H and O–H groups in total. The van der Waals surface area contributed by atoms with Gasteiger partial charge in [0.15, 0.2) is 12.1 Å². The van der Waals surface area contributed by atoms with Crippen molar-refractivity contribution in [1.82, 2.24) is 0 Å². The van der Waals surface area contributed by atoms with Gasteiger partial charge in [-0.25, -0.2) is 0 Å². The highest BCUT2D eigenvalue weighted by molar-refractivity contribution is 5.72. The summed E-state index contributed by atoms with van der Waals surface area (Å²) in [5.41, 5.74) is 0. The first-order valence-corrected chi connectivity index (χ1v) is 12.1. The average molecular weight is 423 g/mol. The third-order valence-corrected chi connectivity index (χ3v) is 6.99. The van der Waals surface area contributed by atoms with E-state index in [1.54, 1.807) is 0 Å². The van der Waals surface area contributed by atoms with Crippen molar-refractivity contribution >= 4 is 5.97 Å². The van der Waals surface area contributed by atoms with E-state index in [9.17, 15) is 4.79 Å². The molecule has 1 unspecified atom stereocenters. The Morgan fingerprint density at radius 1 is 1.10 bits per heavy atom. The Morgan fingerprint density at radius 2 is 1.93 bits per heavy atom. The minimum atomic E-state index is -0.625. The van der Waals surface area contributed by atoms with Gasteiger partial charge in [-0.3, -0.25) is 4.79 Å². The molecule has 0 amide bonds. The van der Waals surface area contributed by atoms with Crippen molar-refractivity contribution in [3.63, 3.8) is 0 Å². The zero-order chi connectivity index (χ0) is 20.8. The van der Waals surface area contributed by atoms with E-state index in [1.165, 1.54) is 25.7 Å². The van der Waals surface area contributed by atoms with Gasteiger partial charge in [0.25, 0.3) is 0 Å². The molecule has 6 nitrogen and oxygen atoms in total. The summed E-state index contributed by atoms with van der Waals surface area (Å²) in [5, 5.41) is 0. The van der Waals surface area contributed by atoms with Crippen molar-refractivity contribution in [2.24, 2.45) is 11.8 Å². The van der Waals surface area contributed by atoms with E-state index in [0.717, 1.165) is 45.1 Å². The summed E-state index contributed by atoms with van der Waals surface area (Å²) < 4.78 is 29.9. The molecule has 0 spiro atoms. The van der Waals surface area contributed by atoms with Gasteiger partial charge in [0.2, 0.25) is 0 Å². The highest BCUT2D eigenvalue weighted by Crippen LogP contribution is 2.45. The molecule has 0 aromatic carbocycles. The molecule has 3 heterocycles. The Kier molecular flexibility index (Phi) is 7.85. The van der Waals surface area contributed by atoms with Gasteiger partial charge in [-0.15, -0.1) is 0 Å². The van der Waals surface area contributed by atoms with Gasteiger partial charge in [0, 0.05) is 31.3 Å². The minimum Gasteiger partial charge on any atom is -0.462 e. The van der Waals surface area contributed by atoms with E-state index in [1.807, 2.05) is 0 Å². The third kappa shape index (κ3) is 5.45. The van der Waals surface area contributed by atoms with Crippen LogP contribution in [0.25, 0.3) is 0 Å². The van der Waals surface area contributed by atoms with Crippen molar-refractivity contribution in [3.05, 3.63) is 12.2 Å². The van der Waals surface area contributed by atoms with Crippen LogP contribution in [0.3, 0.4) is 0 Å². The van der Waals surface area contributed by atoms with Crippen LogP contribution in [0.1, 0.15) is 77.6 Å². The average Bonchev–Trinajstić information content (AvgIpc) is 3.43. The van der Waals surface area contributed by atoms with Crippen molar-refractivity contribution in [1.29, 1.82) is 0 Å². The van der Waals surface area contributed by atoms with Gasteiger partial charge < -0.3 is 23.7 Å². The van der Waals surface area contributed by atoms with Gasteiger partial charge in [-0.2, -0.15) is 0 Å². The van der Waals surface area contributed by atoms with Crippen LogP contribution in [0, 0.1) is 11.8 Å². The second-order valence-electron chi connectivity index (χ2n) is 9.21. The Bertz CT molecular complexity index is 578. The third-order valence-electron chi connectivity index (χ3n) is 6.99. The normalized spacial score (nSPS) is 35.8. The fourth-order valence-electron chi connectivity index (χ4n) is 5.35. The van der Waals surface area contributed by atoms with Crippen LogP contribution in [-0.4, -0.2) is 50.1 Å². The zero-order valence-corrected chi connectivity index (χ0v) is 18.4. The lowest BCUT2D eigenvalue weighted by Crippen LogP contribution is -2.32. The predicted molar refractivity (Wildman–Crippen MR) is 112 cm³/mol. The quantitative estimate of drug-likeness (QED) is 0.293. The number of carbonyl (C=O) groups excluding carboxylic acids is 1. The first-order valence-electron chi connectivity index (χ1n) is 12.1. The lowest BCUT2D eigenvalue weighted by Gasteiger charge is -2.29. The number of hydrogen-bond acceptors (Lipinski definition) is 6. The molecule has 3 aliphatic heterocycles. The number of hydrogen-bond donors (Lipinski definition) is 0. The second-order valence-corrected chi connectivity index (χ2v) is 9.21. The second kappa shape index (κ2) is 10.6. The number of rotatable bonds is 10. The standard InChI is InChI=1S/C24H38O6/c1-2-3-4-5-7-11-24(27-14-15-28-24)12-10-18-19-16-22(25)29-21(19)17-20(18)30-23-9-6-8-13-26-23/h10,12,18-21,23H,2-9,11,13-17H2,1H3/b12-10+/t18-,19-,20-,21+,23?/m1/s1. The SMILES string of the molecule is CCCCCCCC1(/C=C/[C@@H]2[C@H]3CC(=O)O[C@H]3C[C@H]2OC2CCCCO2)OCCO1. The molecule has 6 heteroatoms. The summed E-state index contributed by atoms with van der Waals surface area (Å²) in [4.78, 5) is 11.9. The first-order chi connectivity index (χ1) is 14.7. The van der Waals surface area contributed by atoms with E-state index >= 15 is 0 Å². The fraction of sp³-hybridized carbons (Fsp3) is 0.875. The maximum Gasteiger partial charge on any atom is 0.306 e. The van der Waals surface area contributed by atoms with Crippen LogP contribution in [0.15, 0.2) is 12.2 Å². The van der Waals surface area contributed by atoms with Crippen LogP contribution in [0.4, 0.5) is 0 Å².